The molecule has 3 heteroatoms. The van der Waals surface area contributed by atoms with Crippen LogP contribution in [0.1, 0.15) is 24.0 Å². The third-order valence-corrected chi connectivity index (χ3v) is 4.38. The summed E-state index contributed by atoms with van der Waals surface area (Å²) in [7, 11) is 0. The average Bonchev–Trinajstić information content (AvgIpc) is 3.03. The minimum absolute atomic E-state index is 0.285. The fraction of sp³-hybridized carbons (Fsp3) is 0.368. The molecule has 114 valence electrons. The van der Waals surface area contributed by atoms with Crippen LogP contribution in [0.25, 0.3) is 0 Å². The molecule has 0 saturated carbocycles. The third-order valence-electron chi connectivity index (χ3n) is 4.38. The van der Waals surface area contributed by atoms with Crippen molar-refractivity contribution in [1.29, 1.82) is 0 Å². The maximum atomic E-state index is 12.3. The van der Waals surface area contributed by atoms with E-state index in [0.717, 1.165) is 32.4 Å². The largest absolute Gasteiger partial charge is 0.342 e. The SMILES string of the molecule is O=C(CCc1ccncc1)N1CCC(Cc2ccccc2)C1. The summed E-state index contributed by atoms with van der Waals surface area (Å²) in [5.41, 5.74) is 2.56. The van der Waals surface area contributed by atoms with Crippen molar-refractivity contribution in [3.05, 3.63) is 66.0 Å². The molecule has 0 radical (unpaired) electrons. The first-order valence-corrected chi connectivity index (χ1v) is 8.02. The molecule has 1 amide bonds. The predicted octanol–water partition coefficient (Wildman–Crippen LogP) is 3.11. The quantitative estimate of drug-likeness (QED) is 0.849. The number of aromatic nitrogens is 1. The second-order valence-corrected chi connectivity index (χ2v) is 6.04. The molecule has 1 fully saturated rings. The van der Waals surface area contributed by atoms with Crippen molar-refractivity contribution in [2.45, 2.75) is 25.7 Å². The van der Waals surface area contributed by atoms with Crippen LogP contribution in [0.4, 0.5) is 0 Å². The zero-order chi connectivity index (χ0) is 15.2. The van der Waals surface area contributed by atoms with Crippen molar-refractivity contribution < 1.29 is 4.79 Å². The zero-order valence-electron chi connectivity index (χ0n) is 12.8. The van der Waals surface area contributed by atoms with Gasteiger partial charge < -0.3 is 4.90 Å². The summed E-state index contributed by atoms with van der Waals surface area (Å²) in [6.45, 7) is 1.82. The lowest BCUT2D eigenvalue weighted by Gasteiger charge is -2.16. The van der Waals surface area contributed by atoms with Gasteiger partial charge in [0.2, 0.25) is 5.91 Å². The van der Waals surface area contributed by atoms with Gasteiger partial charge in [-0.05, 0) is 48.4 Å². The summed E-state index contributed by atoms with van der Waals surface area (Å²) >= 11 is 0. The standard InChI is InChI=1S/C19H22N2O/c22-19(7-6-16-8-11-20-12-9-16)21-13-10-18(15-21)14-17-4-2-1-3-5-17/h1-5,8-9,11-12,18H,6-7,10,13-15H2. The molecule has 22 heavy (non-hydrogen) atoms. The van der Waals surface area contributed by atoms with Gasteiger partial charge in [0.05, 0.1) is 0 Å². The summed E-state index contributed by atoms with van der Waals surface area (Å²) in [6.07, 6.45) is 7.17. The van der Waals surface area contributed by atoms with E-state index in [0.29, 0.717) is 12.3 Å². The summed E-state index contributed by atoms with van der Waals surface area (Å²) in [4.78, 5) is 18.4. The fourth-order valence-electron chi connectivity index (χ4n) is 3.13. The number of amides is 1. The molecule has 0 spiro atoms. The van der Waals surface area contributed by atoms with Crippen LogP contribution in [0.3, 0.4) is 0 Å². The molecular weight excluding hydrogens is 272 g/mol. The van der Waals surface area contributed by atoms with Gasteiger partial charge in [-0.1, -0.05) is 30.3 Å². The van der Waals surface area contributed by atoms with Gasteiger partial charge in [-0.15, -0.1) is 0 Å². The topological polar surface area (TPSA) is 33.2 Å². The number of hydrogen-bond acceptors (Lipinski definition) is 2. The van der Waals surface area contributed by atoms with E-state index in [1.54, 1.807) is 12.4 Å². The van der Waals surface area contributed by atoms with Crippen LogP contribution in [0, 0.1) is 5.92 Å². The highest BCUT2D eigenvalue weighted by Crippen LogP contribution is 2.21. The number of likely N-dealkylation sites (tertiary alicyclic amines) is 1. The molecule has 1 aliphatic heterocycles. The van der Waals surface area contributed by atoms with E-state index in [1.165, 1.54) is 11.1 Å². The second-order valence-electron chi connectivity index (χ2n) is 6.04. The van der Waals surface area contributed by atoms with E-state index in [9.17, 15) is 4.79 Å². The highest BCUT2D eigenvalue weighted by atomic mass is 16.2. The first-order chi connectivity index (χ1) is 10.8. The molecule has 1 saturated heterocycles. The Balaban J connectivity index is 1.46. The molecule has 0 N–H and O–H groups in total. The van der Waals surface area contributed by atoms with E-state index in [2.05, 4.69) is 29.2 Å². The summed E-state index contributed by atoms with van der Waals surface area (Å²) in [6, 6.07) is 14.5. The highest BCUT2D eigenvalue weighted by molar-refractivity contribution is 5.76. The number of benzene rings is 1. The van der Waals surface area contributed by atoms with E-state index in [4.69, 9.17) is 0 Å². The van der Waals surface area contributed by atoms with Crippen molar-refractivity contribution in [2.24, 2.45) is 5.92 Å². The van der Waals surface area contributed by atoms with Gasteiger partial charge in [-0.2, -0.15) is 0 Å². The normalized spacial score (nSPS) is 17.6. The Morgan fingerprint density at radius 1 is 1.09 bits per heavy atom. The maximum Gasteiger partial charge on any atom is 0.222 e. The molecule has 1 atom stereocenters. The van der Waals surface area contributed by atoms with E-state index in [1.807, 2.05) is 23.1 Å². The van der Waals surface area contributed by atoms with E-state index < -0.39 is 0 Å². The molecule has 1 unspecified atom stereocenters. The fourth-order valence-corrected chi connectivity index (χ4v) is 3.13. The zero-order valence-corrected chi connectivity index (χ0v) is 12.8. The Labute approximate surface area is 132 Å². The van der Waals surface area contributed by atoms with Crippen LogP contribution < -0.4 is 0 Å². The Morgan fingerprint density at radius 2 is 1.86 bits per heavy atom. The predicted molar refractivity (Wildman–Crippen MR) is 87.4 cm³/mol. The van der Waals surface area contributed by atoms with Crippen LogP contribution in [-0.4, -0.2) is 28.9 Å². The molecule has 1 aromatic heterocycles. The molecule has 3 rings (SSSR count). The summed E-state index contributed by atoms with van der Waals surface area (Å²) in [5, 5.41) is 0. The Kier molecular flexibility index (Phi) is 4.84. The maximum absolute atomic E-state index is 12.3. The molecule has 2 heterocycles. The molecule has 1 aliphatic rings. The van der Waals surface area contributed by atoms with Crippen LogP contribution in [-0.2, 0) is 17.6 Å². The van der Waals surface area contributed by atoms with Crippen LogP contribution >= 0.6 is 0 Å². The first-order valence-electron chi connectivity index (χ1n) is 8.02. The number of carbonyl (C=O) groups is 1. The lowest BCUT2D eigenvalue weighted by molar-refractivity contribution is -0.130. The van der Waals surface area contributed by atoms with Crippen LogP contribution in [0.5, 0.6) is 0 Å². The lowest BCUT2D eigenvalue weighted by Crippen LogP contribution is -2.29. The molecule has 2 aromatic rings. The number of aryl methyl sites for hydroxylation is 1. The molecule has 0 aliphatic carbocycles. The van der Waals surface area contributed by atoms with Gasteiger partial charge in [0, 0.05) is 31.9 Å². The molecular formula is C19H22N2O. The lowest BCUT2D eigenvalue weighted by atomic mass is 9.99. The number of nitrogens with zero attached hydrogens (tertiary/aromatic N) is 2. The Hall–Kier alpha value is -2.16. The second kappa shape index (κ2) is 7.21. The van der Waals surface area contributed by atoms with Gasteiger partial charge >= 0.3 is 0 Å². The van der Waals surface area contributed by atoms with Gasteiger partial charge in [0.15, 0.2) is 0 Å². The van der Waals surface area contributed by atoms with Crippen molar-refractivity contribution in [1.82, 2.24) is 9.88 Å². The monoisotopic (exact) mass is 294 g/mol. The third kappa shape index (κ3) is 3.94. The minimum Gasteiger partial charge on any atom is -0.342 e. The number of carbonyl (C=O) groups excluding carboxylic acids is 1. The number of pyridine rings is 1. The number of hydrogen-bond donors (Lipinski definition) is 0. The summed E-state index contributed by atoms with van der Waals surface area (Å²) in [5.74, 6) is 0.889. The van der Waals surface area contributed by atoms with E-state index in [-0.39, 0.29) is 5.91 Å². The van der Waals surface area contributed by atoms with Gasteiger partial charge in [0.1, 0.15) is 0 Å². The van der Waals surface area contributed by atoms with Crippen molar-refractivity contribution in [3.63, 3.8) is 0 Å². The van der Waals surface area contributed by atoms with Gasteiger partial charge in [-0.25, -0.2) is 0 Å². The van der Waals surface area contributed by atoms with Crippen LogP contribution in [0.2, 0.25) is 0 Å². The van der Waals surface area contributed by atoms with Crippen LogP contribution in [0.15, 0.2) is 54.9 Å². The van der Waals surface area contributed by atoms with Crippen molar-refractivity contribution in [2.75, 3.05) is 13.1 Å². The number of rotatable bonds is 5. The van der Waals surface area contributed by atoms with Gasteiger partial charge in [0.25, 0.3) is 0 Å². The Morgan fingerprint density at radius 3 is 2.64 bits per heavy atom. The van der Waals surface area contributed by atoms with Crippen molar-refractivity contribution in [3.8, 4) is 0 Å². The molecule has 0 bridgehead atoms. The average molecular weight is 294 g/mol. The van der Waals surface area contributed by atoms with E-state index >= 15 is 0 Å². The molecule has 3 nitrogen and oxygen atoms in total. The highest BCUT2D eigenvalue weighted by Gasteiger charge is 2.25. The summed E-state index contributed by atoms with van der Waals surface area (Å²) < 4.78 is 0. The van der Waals surface area contributed by atoms with Crippen molar-refractivity contribution >= 4 is 5.91 Å². The first kappa shape index (κ1) is 14.8. The molecule has 1 aromatic carbocycles. The minimum atomic E-state index is 0.285. The smallest absolute Gasteiger partial charge is 0.222 e. The Bertz CT molecular complexity index is 597. The van der Waals surface area contributed by atoms with Gasteiger partial charge in [-0.3, -0.25) is 9.78 Å².